The predicted octanol–water partition coefficient (Wildman–Crippen LogP) is 4.33. The molecule has 5 heteroatoms. The van der Waals surface area contributed by atoms with Gasteiger partial charge in [0.2, 0.25) is 0 Å². The lowest BCUT2D eigenvalue weighted by atomic mass is 10.1. The smallest absolute Gasteiger partial charge is 0.131 e. The molecule has 1 unspecified atom stereocenters. The number of hydrogen-bond donors (Lipinski definition) is 1. The van der Waals surface area contributed by atoms with Gasteiger partial charge in [-0.3, -0.25) is 0 Å². The molecule has 2 nitrogen and oxygen atoms in total. The van der Waals surface area contributed by atoms with Gasteiger partial charge >= 0.3 is 0 Å². The van der Waals surface area contributed by atoms with Crippen molar-refractivity contribution < 1.29 is 13.5 Å². The number of hydrogen-bond acceptors (Lipinski definition) is 2. The van der Waals surface area contributed by atoms with E-state index in [-0.39, 0.29) is 18.5 Å². The van der Waals surface area contributed by atoms with Crippen LogP contribution in [0, 0.1) is 11.6 Å². The van der Waals surface area contributed by atoms with Crippen LogP contribution in [-0.4, -0.2) is 0 Å². The molecule has 0 spiro atoms. The monoisotopic (exact) mass is 341 g/mol. The number of halogens is 3. The second-order valence-electron chi connectivity index (χ2n) is 4.54. The van der Waals surface area contributed by atoms with Gasteiger partial charge in [-0.2, -0.15) is 0 Å². The van der Waals surface area contributed by atoms with Gasteiger partial charge in [-0.1, -0.05) is 22.0 Å². The standard InChI is InChI=1S/C15H14BrF2NO/c1-9(19)14-3-2-13(7-15(14)18)20-8-10-4-11(16)6-12(17)5-10/h2-7,9H,8,19H2,1H3. The summed E-state index contributed by atoms with van der Waals surface area (Å²) in [6.07, 6.45) is 0. The largest absolute Gasteiger partial charge is 0.489 e. The molecule has 2 N–H and O–H groups in total. The zero-order valence-corrected chi connectivity index (χ0v) is 12.5. The molecule has 0 aliphatic heterocycles. The molecule has 0 fully saturated rings. The molecule has 0 heterocycles. The lowest BCUT2D eigenvalue weighted by molar-refractivity contribution is 0.303. The van der Waals surface area contributed by atoms with Crippen molar-refractivity contribution in [2.75, 3.05) is 0 Å². The highest BCUT2D eigenvalue weighted by molar-refractivity contribution is 9.10. The molecule has 0 saturated carbocycles. The van der Waals surface area contributed by atoms with E-state index in [1.165, 1.54) is 18.2 Å². The van der Waals surface area contributed by atoms with Gasteiger partial charge in [0.1, 0.15) is 24.0 Å². The van der Waals surface area contributed by atoms with Crippen LogP contribution in [0.3, 0.4) is 0 Å². The minimum atomic E-state index is -0.405. The van der Waals surface area contributed by atoms with E-state index in [0.29, 0.717) is 21.3 Å². The summed E-state index contributed by atoms with van der Waals surface area (Å²) in [5.41, 5.74) is 6.73. The van der Waals surface area contributed by atoms with Gasteiger partial charge in [0, 0.05) is 22.1 Å². The van der Waals surface area contributed by atoms with E-state index in [9.17, 15) is 8.78 Å². The Labute approximate surface area is 124 Å². The van der Waals surface area contributed by atoms with Crippen LogP contribution >= 0.6 is 15.9 Å². The molecule has 0 amide bonds. The lowest BCUT2D eigenvalue weighted by Gasteiger charge is -2.11. The molecule has 0 aliphatic rings. The minimum absolute atomic E-state index is 0.160. The SMILES string of the molecule is CC(N)c1ccc(OCc2cc(F)cc(Br)c2)cc1F. The third kappa shape index (κ3) is 3.77. The Morgan fingerprint density at radius 3 is 2.55 bits per heavy atom. The van der Waals surface area contributed by atoms with Crippen LogP contribution in [-0.2, 0) is 6.61 Å². The van der Waals surface area contributed by atoms with Crippen LogP contribution in [0.25, 0.3) is 0 Å². The first kappa shape index (κ1) is 14.9. The van der Waals surface area contributed by atoms with Crippen molar-refractivity contribution in [3.63, 3.8) is 0 Å². The van der Waals surface area contributed by atoms with E-state index in [1.54, 1.807) is 25.1 Å². The van der Waals surface area contributed by atoms with Gasteiger partial charge in [0.25, 0.3) is 0 Å². The van der Waals surface area contributed by atoms with Crippen LogP contribution < -0.4 is 10.5 Å². The van der Waals surface area contributed by atoms with Gasteiger partial charge in [0.15, 0.2) is 0 Å². The van der Waals surface area contributed by atoms with Gasteiger partial charge < -0.3 is 10.5 Å². The van der Waals surface area contributed by atoms with E-state index in [2.05, 4.69) is 15.9 Å². The average molecular weight is 342 g/mol. The average Bonchev–Trinajstić information content (AvgIpc) is 2.35. The first-order valence-electron chi connectivity index (χ1n) is 6.08. The Balaban J connectivity index is 2.09. The molecule has 0 saturated heterocycles. The fourth-order valence-electron chi connectivity index (χ4n) is 1.83. The van der Waals surface area contributed by atoms with Crippen molar-refractivity contribution in [1.29, 1.82) is 0 Å². The molecule has 0 bridgehead atoms. The maximum atomic E-state index is 13.7. The van der Waals surface area contributed by atoms with E-state index >= 15 is 0 Å². The lowest BCUT2D eigenvalue weighted by Crippen LogP contribution is -2.07. The fourth-order valence-corrected chi connectivity index (χ4v) is 2.34. The molecule has 1 atom stereocenters. The van der Waals surface area contributed by atoms with E-state index in [4.69, 9.17) is 10.5 Å². The summed E-state index contributed by atoms with van der Waals surface area (Å²) in [5.74, 6) is -0.373. The normalized spacial score (nSPS) is 12.2. The highest BCUT2D eigenvalue weighted by Crippen LogP contribution is 2.22. The van der Waals surface area contributed by atoms with Gasteiger partial charge in [0.05, 0.1) is 0 Å². The predicted molar refractivity (Wildman–Crippen MR) is 77.4 cm³/mol. The molecule has 2 aromatic carbocycles. The first-order chi connectivity index (χ1) is 9.45. The van der Waals surface area contributed by atoms with Crippen LogP contribution in [0.1, 0.15) is 24.1 Å². The van der Waals surface area contributed by atoms with Crippen LogP contribution in [0.15, 0.2) is 40.9 Å². The quantitative estimate of drug-likeness (QED) is 0.898. The Kier molecular flexibility index (Phi) is 4.73. The zero-order valence-electron chi connectivity index (χ0n) is 10.9. The second kappa shape index (κ2) is 6.33. The van der Waals surface area contributed by atoms with Crippen molar-refractivity contribution in [2.45, 2.75) is 19.6 Å². The van der Waals surface area contributed by atoms with Crippen molar-refractivity contribution >= 4 is 15.9 Å². The first-order valence-corrected chi connectivity index (χ1v) is 6.88. The molecule has 2 aromatic rings. The van der Waals surface area contributed by atoms with Gasteiger partial charge in [-0.15, -0.1) is 0 Å². The second-order valence-corrected chi connectivity index (χ2v) is 5.45. The van der Waals surface area contributed by atoms with Crippen molar-refractivity contribution in [1.82, 2.24) is 0 Å². The third-order valence-corrected chi connectivity index (χ3v) is 3.25. The highest BCUT2D eigenvalue weighted by Gasteiger charge is 2.08. The highest BCUT2D eigenvalue weighted by atomic mass is 79.9. The van der Waals surface area contributed by atoms with E-state index < -0.39 is 5.82 Å². The maximum Gasteiger partial charge on any atom is 0.131 e. The molecular weight excluding hydrogens is 328 g/mol. The Hall–Kier alpha value is -1.46. The molecule has 106 valence electrons. The molecule has 0 aromatic heterocycles. The maximum absolute atomic E-state index is 13.7. The molecule has 20 heavy (non-hydrogen) atoms. The van der Waals surface area contributed by atoms with Crippen LogP contribution in [0.2, 0.25) is 0 Å². The fraction of sp³-hybridized carbons (Fsp3) is 0.200. The van der Waals surface area contributed by atoms with Crippen molar-refractivity contribution in [2.24, 2.45) is 5.73 Å². The summed E-state index contributed by atoms with van der Waals surface area (Å²) in [7, 11) is 0. The van der Waals surface area contributed by atoms with Crippen molar-refractivity contribution in [3.05, 3.63) is 63.6 Å². The number of nitrogens with two attached hydrogens (primary N) is 1. The summed E-state index contributed by atoms with van der Waals surface area (Å²) in [6.45, 7) is 1.87. The molecular formula is C15H14BrF2NO. The third-order valence-electron chi connectivity index (χ3n) is 2.79. The number of ether oxygens (including phenoxy) is 1. The van der Waals surface area contributed by atoms with Gasteiger partial charge in [-0.25, -0.2) is 8.78 Å². The number of benzene rings is 2. The van der Waals surface area contributed by atoms with Crippen molar-refractivity contribution in [3.8, 4) is 5.75 Å². The zero-order chi connectivity index (χ0) is 14.7. The Bertz CT molecular complexity index is 597. The summed E-state index contributed by atoms with van der Waals surface area (Å²) in [6, 6.07) is 8.64. The summed E-state index contributed by atoms with van der Waals surface area (Å²) in [4.78, 5) is 0. The minimum Gasteiger partial charge on any atom is -0.489 e. The number of rotatable bonds is 4. The Morgan fingerprint density at radius 2 is 1.95 bits per heavy atom. The summed E-state index contributed by atoms with van der Waals surface area (Å²) >= 11 is 3.21. The van der Waals surface area contributed by atoms with E-state index in [1.807, 2.05) is 0 Å². The molecule has 0 radical (unpaired) electrons. The van der Waals surface area contributed by atoms with Crippen LogP contribution in [0.4, 0.5) is 8.78 Å². The van der Waals surface area contributed by atoms with E-state index in [0.717, 1.165) is 0 Å². The summed E-state index contributed by atoms with van der Waals surface area (Å²) in [5, 5.41) is 0. The van der Waals surface area contributed by atoms with Gasteiger partial charge in [-0.05, 0) is 36.8 Å². The van der Waals surface area contributed by atoms with Crippen LogP contribution in [0.5, 0.6) is 5.75 Å². The molecule has 0 aliphatic carbocycles. The topological polar surface area (TPSA) is 35.2 Å². The summed E-state index contributed by atoms with van der Waals surface area (Å²) < 4.78 is 33.0. The molecule has 2 rings (SSSR count). The Morgan fingerprint density at radius 1 is 1.20 bits per heavy atom.